The number of rotatable bonds is 7. The molecule has 0 saturated heterocycles. The molecular formula is C20H16Cl3N3OS. The molecule has 3 aromatic rings. The Balaban J connectivity index is 1.63. The number of carbonyl (C=O) groups excluding carboxylic acids is 1. The summed E-state index contributed by atoms with van der Waals surface area (Å²) in [6, 6.07) is 16.5. The third kappa shape index (κ3) is 5.85. The smallest absolute Gasteiger partial charge is 0.254 e. The van der Waals surface area contributed by atoms with Gasteiger partial charge in [-0.25, -0.2) is 0 Å². The molecular weight excluding hydrogens is 437 g/mol. The Morgan fingerprint density at radius 3 is 2.50 bits per heavy atom. The lowest BCUT2D eigenvalue weighted by atomic mass is 10.1. The molecule has 0 radical (unpaired) electrons. The molecule has 0 aliphatic rings. The SMILES string of the molecule is O=C(NCCCc1ccccc1Cl)c1cc(Cl)nnc1Sc1ccc(Cl)cc1. The number of hydrogen-bond acceptors (Lipinski definition) is 4. The molecule has 1 N–H and O–H groups in total. The van der Waals surface area contributed by atoms with Crippen LogP contribution in [0.3, 0.4) is 0 Å². The van der Waals surface area contributed by atoms with Gasteiger partial charge in [-0.15, -0.1) is 10.2 Å². The molecule has 0 spiro atoms. The van der Waals surface area contributed by atoms with E-state index in [9.17, 15) is 4.79 Å². The summed E-state index contributed by atoms with van der Waals surface area (Å²) in [5.74, 6) is -0.243. The van der Waals surface area contributed by atoms with Crippen LogP contribution in [0.15, 0.2) is 64.5 Å². The molecule has 2 aromatic carbocycles. The number of nitrogens with zero attached hydrogens (tertiary/aromatic N) is 2. The molecule has 0 bridgehead atoms. The third-order valence-corrected chi connectivity index (χ3v) is 5.68. The highest BCUT2D eigenvalue weighted by atomic mass is 35.5. The standard InChI is InChI=1S/C20H16Cl3N3OS/c21-14-7-9-15(10-8-14)28-20-16(12-18(23)25-26-20)19(27)24-11-3-5-13-4-1-2-6-17(13)22/h1-2,4,6-10,12H,3,5,11H2,(H,24,27). The predicted octanol–water partition coefficient (Wildman–Crippen LogP) is 5.95. The lowest BCUT2D eigenvalue weighted by Crippen LogP contribution is -2.25. The first-order valence-corrected chi connectivity index (χ1v) is 10.5. The first kappa shape index (κ1) is 20.9. The number of aromatic nitrogens is 2. The van der Waals surface area contributed by atoms with Gasteiger partial charge < -0.3 is 5.32 Å². The minimum Gasteiger partial charge on any atom is -0.352 e. The van der Waals surface area contributed by atoms with Crippen LogP contribution >= 0.6 is 46.6 Å². The van der Waals surface area contributed by atoms with Gasteiger partial charge in [-0.2, -0.15) is 0 Å². The van der Waals surface area contributed by atoms with Crippen LogP contribution in [0.4, 0.5) is 0 Å². The zero-order valence-corrected chi connectivity index (χ0v) is 17.7. The molecule has 0 fully saturated rings. The third-order valence-electron chi connectivity index (χ3n) is 3.87. The summed E-state index contributed by atoms with van der Waals surface area (Å²) in [6.07, 6.45) is 1.54. The molecule has 0 saturated carbocycles. The molecule has 8 heteroatoms. The number of nitrogens with one attached hydrogen (secondary N) is 1. The van der Waals surface area contributed by atoms with E-state index in [0.717, 1.165) is 28.3 Å². The Morgan fingerprint density at radius 2 is 1.75 bits per heavy atom. The Kier molecular flexibility index (Phi) is 7.57. The minimum absolute atomic E-state index is 0.168. The molecule has 144 valence electrons. The van der Waals surface area contributed by atoms with Crippen molar-refractivity contribution in [3.05, 3.63) is 80.9 Å². The van der Waals surface area contributed by atoms with Crippen LogP contribution in [0.2, 0.25) is 15.2 Å². The van der Waals surface area contributed by atoms with Crippen molar-refractivity contribution >= 4 is 52.5 Å². The number of halogens is 3. The van der Waals surface area contributed by atoms with Crippen molar-refractivity contribution in [2.45, 2.75) is 22.8 Å². The summed E-state index contributed by atoms with van der Waals surface area (Å²) in [6.45, 7) is 0.509. The second-order valence-corrected chi connectivity index (χ2v) is 8.19. The monoisotopic (exact) mass is 451 g/mol. The van der Waals surface area contributed by atoms with Crippen LogP contribution in [0.5, 0.6) is 0 Å². The number of aryl methyl sites for hydroxylation is 1. The first-order chi connectivity index (χ1) is 13.5. The van der Waals surface area contributed by atoms with E-state index >= 15 is 0 Å². The molecule has 28 heavy (non-hydrogen) atoms. The summed E-state index contributed by atoms with van der Waals surface area (Å²) in [5.41, 5.74) is 1.45. The van der Waals surface area contributed by atoms with Crippen molar-refractivity contribution in [1.82, 2.24) is 15.5 Å². The van der Waals surface area contributed by atoms with E-state index in [2.05, 4.69) is 15.5 Å². The van der Waals surface area contributed by atoms with Gasteiger partial charge in [-0.05, 0) is 54.8 Å². The van der Waals surface area contributed by atoms with Gasteiger partial charge >= 0.3 is 0 Å². The van der Waals surface area contributed by atoms with Gasteiger partial charge in [-0.3, -0.25) is 4.79 Å². The van der Waals surface area contributed by atoms with Gasteiger partial charge in [0.15, 0.2) is 5.15 Å². The summed E-state index contributed by atoms with van der Waals surface area (Å²) in [4.78, 5) is 13.5. The van der Waals surface area contributed by atoms with E-state index in [0.29, 0.717) is 22.2 Å². The van der Waals surface area contributed by atoms with Gasteiger partial charge in [0.1, 0.15) is 5.03 Å². The zero-order chi connectivity index (χ0) is 19.9. The predicted molar refractivity (Wildman–Crippen MR) is 115 cm³/mol. The molecule has 3 rings (SSSR count). The van der Waals surface area contributed by atoms with E-state index in [-0.39, 0.29) is 11.1 Å². The van der Waals surface area contributed by atoms with Crippen molar-refractivity contribution in [1.29, 1.82) is 0 Å². The highest BCUT2D eigenvalue weighted by molar-refractivity contribution is 7.99. The Morgan fingerprint density at radius 1 is 1.00 bits per heavy atom. The van der Waals surface area contributed by atoms with Gasteiger partial charge in [0.05, 0.1) is 5.56 Å². The lowest BCUT2D eigenvalue weighted by molar-refractivity contribution is 0.0949. The van der Waals surface area contributed by atoms with Gasteiger partial charge in [0, 0.05) is 21.5 Å². The van der Waals surface area contributed by atoms with Crippen LogP contribution in [0.1, 0.15) is 22.3 Å². The number of benzene rings is 2. The lowest BCUT2D eigenvalue weighted by Gasteiger charge is -2.09. The normalized spacial score (nSPS) is 10.7. The number of carbonyl (C=O) groups is 1. The number of hydrogen-bond donors (Lipinski definition) is 1. The van der Waals surface area contributed by atoms with E-state index in [1.165, 1.54) is 17.8 Å². The fourth-order valence-corrected chi connectivity index (χ4v) is 3.83. The Hall–Kier alpha value is -1.79. The van der Waals surface area contributed by atoms with Gasteiger partial charge in [-0.1, -0.05) is 64.8 Å². The maximum Gasteiger partial charge on any atom is 0.254 e. The van der Waals surface area contributed by atoms with Crippen molar-refractivity contribution in [2.75, 3.05) is 6.54 Å². The van der Waals surface area contributed by atoms with Crippen LogP contribution in [-0.2, 0) is 6.42 Å². The van der Waals surface area contributed by atoms with Gasteiger partial charge in [0.25, 0.3) is 5.91 Å². The Bertz CT molecular complexity index is 967. The Labute approximate surface area is 182 Å². The molecule has 1 aromatic heterocycles. The van der Waals surface area contributed by atoms with Crippen molar-refractivity contribution in [3.8, 4) is 0 Å². The molecule has 0 unspecified atom stereocenters. The zero-order valence-electron chi connectivity index (χ0n) is 14.7. The average molecular weight is 453 g/mol. The topological polar surface area (TPSA) is 54.9 Å². The molecule has 0 atom stereocenters. The fourth-order valence-electron chi connectivity index (χ4n) is 2.49. The molecule has 1 heterocycles. The second kappa shape index (κ2) is 10.1. The second-order valence-electron chi connectivity index (χ2n) is 5.89. The van der Waals surface area contributed by atoms with Crippen molar-refractivity contribution in [2.24, 2.45) is 0 Å². The largest absolute Gasteiger partial charge is 0.352 e. The quantitative estimate of drug-likeness (QED) is 0.450. The maximum absolute atomic E-state index is 12.6. The van der Waals surface area contributed by atoms with Crippen molar-refractivity contribution < 1.29 is 4.79 Å². The highest BCUT2D eigenvalue weighted by Crippen LogP contribution is 2.30. The van der Waals surface area contributed by atoms with Crippen LogP contribution < -0.4 is 5.32 Å². The van der Waals surface area contributed by atoms with E-state index in [4.69, 9.17) is 34.8 Å². The fraction of sp³-hybridized carbons (Fsp3) is 0.150. The summed E-state index contributed by atoms with van der Waals surface area (Å²) < 4.78 is 0. The number of amides is 1. The van der Waals surface area contributed by atoms with Crippen LogP contribution in [0, 0.1) is 0 Å². The minimum atomic E-state index is -0.243. The molecule has 0 aliphatic carbocycles. The molecule has 4 nitrogen and oxygen atoms in total. The highest BCUT2D eigenvalue weighted by Gasteiger charge is 2.16. The average Bonchev–Trinajstić information content (AvgIpc) is 2.69. The van der Waals surface area contributed by atoms with E-state index < -0.39 is 0 Å². The van der Waals surface area contributed by atoms with Crippen LogP contribution in [0.25, 0.3) is 0 Å². The van der Waals surface area contributed by atoms with E-state index in [1.54, 1.807) is 12.1 Å². The summed E-state index contributed by atoms with van der Waals surface area (Å²) >= 11 is 19.4. The maximum atomic E-state index is 12.6. The van der Waals surface area contributed by atoms with Crippen molar-refractivity contribution in [3.63, 3.8) is 0 Å². The van der Waals surface area contributed by atoms with Crippen LogP contribution in [-0.4, -0.2) is 22.6 Å². The first-order valence-electron chi connectivity index (χ1n) is 8.51. The summed E-state index contributed by atoms with van der Waals surface area (Å²) in [5, 5.41) is 12.9. The molecule has 0 aliphatic heterocycles. The summed E-state index contributed by atoms with van der Waals surface area (Å²) in [7, 11) is 0. The van der Waals surface area contributed by atoms with E-state index in [1.807, 2.05) is 36.4 Å². The molecule has 1 amide bonds. The van der Waals surface area contributed by atoms with Gasteiger partial charge in [0.2, 0.25) is 0 Å².